The molecule has 0 aromatic rings. The minimum atomic E-state index is -2.95. The van der Waals surface area contributed by atoms with Gasteiger partial charge in [-0.3, -0.25) is 0 Å². The van der Waals surface area contributed by atoms with Crippen molar-refractivity contribution in [3.8, 4) is 0 Å². The zero-order valence-corrected chi connectivity index (χ0v) is 12.7. The maximum Gasteiger partial charge on any atom is 0.147 e. The molecular formula is C15H26O3S. The Morgan fingerprint density at radius 2 is 1.58 bits per heavy atom. The Morgan fingerprint density at radius 1 is 1.11 bits per heavy atom. The highest BCUT2D eigenvalue weighted by atomic mass is 32.2. The van der Waals surface area contributed by atoms with Gasteiger partial charge in [0.25, 0.3) is 0 Å². The second kappa shape index (κ2) is 4.73. The summed E-state index contributed by atoms with van der Waals surface area (Å²) in [5.74, 6) is 2.82. The lowest BCUT2D eigenvalue weighted by atomic mass is 9.48. The number of rotatable bonds is 5. The van der Waals surface area contributed by atoms with Crippen LogP contribution < -0.4 is 0 Å². The number of hydrogen-bond acceptors (Lipinski definition) is 3. The highest BCUT2D eigenvalue weighted by molar-refractivity contribution is 7.90. The molecule has 0 saturated heterocycles. The Balaban J connectivity index is 1.60. The second-order valence-electron chi connectivity index (χ2n) is 7.69. The van der Waals surface area contributed by atoms with Crippen LogP contribution in [0, 0.1) is 23.2 Å². The highest BCUT2D eigenvalue weighted by Gasteiger charge is 2.51. The van der Waals surface area contributed by atoms with Gasteiger partial charge >= 0.3 is 0 Å². The van der Waals surface area contributed by atoms with E-state index in [1.807, 2.05) is 0 Å². The van der Waals surface area contributed by atoms with E-state index in [0.29, 0.717) is 11.8 Å². The quantitative estimate of drug-likeness (QED) is 0.844. The van der Waals surface area contributed by atoms with Gasteiger partial charge in [-0.05, 0) is 74.5 Å². The van der Waals surface area contributed by atoms with Crippen molar-refractivity contribution in [3.63, 3.8) is 0 Å². The molecule has 0 spiro atoms. The zero-order chi connectivity index (χ0) is 13.7. The zero-order valence-electron chi connectivity index (χ0n) is 11.8. The third-order valence-electron chi connectivity index (χ3n) is 5.66. The lowest BCUT2D eigenvalue weighted by Crippen LogP contribution is -2.47. The number of aliphatic hydroxyl groups excluding tert-OH is 1. The predicted molar refractivity (Wildman–Crippen MR) is 75.6 cm³/mol. The van der Waals surface area contributed by atoms with Crippen LogP contribution in [-0.2, 0) is 9.84 Å². The number of sulfone groups is 1. The van der Waals surface area contributed by atoms with Gasteiger partial charge in [-0.25, -0.2) is 8.42 Å². The van der Waals surface area contributed by atoms with Crippen molar-refractivity contribution in [2.75, 3.05) is 12.0 Å². The van der Waals surface area contributed by atoms with Gasteiger partial charge in [-0.2, -0.15) is 0 Å². The van der Waals surface area contributed by atoms with Crippen molar-refractivity contribution < 1.29 is 13.5 Å². The fourth-order valence-corrected chi connectivity index (χ4v) is 6.19. The van der Waals surface area contributed by atoms with Crippen molar-refractivity contribution in [1.82, 2.24) is 0 Å². The normalized spacial score (nSPS) is 42.5. The fourth-order valence-electron chi connectivity index (χ4n) is 5.49. The Kier molecular flexibility index (Phi) is 3.45. The standard InChI is InChI=1S/C15H26O3S/c1-19(17,18)3-2-14(16)10-15-7-11-4-12(8-15)6-13(5-11)9-15/h11-14,16H,2-10H2,1H3. The van der Waals surface area contributed by atoms with Gasteiger partial charge in [0, 0.05) is 6.26 Å². The van der Waals surface area contributed by atoms with Crippen LogP contribution in [-0.4, -0.2) is 31.6 Å². The largest absolute Gasteiger partial charge is 0.393 e. The Bertz CT molecular complexity index is 405. The van der Waals surface area contributed by atoms with Crippen molar-refractivity contribution in [1.29, 1.82) is 0 Å². The monoisotopic (exact) mass is 286 g/mol. The third-order valence-corrected chi connectivity index (χ3v) is 6.63. The van der Waals surface area contributed by atoms with Crippen LogP contribution in [0.3, 0.4) is 0 Å². The van der Waals surface area contributed by atoms with Gasteiger partial charge in [0.15, 0.2) is 0 Å². The fraction of sp³-hybridized carbons (Fsp3) is 1.00. The lowest BCUT2D eigenvalue weighted by molar-refractivity contribution is -0.0759. The van der Waals surface area contributed by atoms with Crippen LogP contribution in [0.5, 0.6) is 0 Å². The first-order valence-corrected chi connectivity index (χ1v) is 9.75. The van der Waals surface area contributed by atoms with Gasteiger partial charge in [0.2, 0.25) is 0 Å². The van der Waals surface area contributed by atoms with Crippen LogP contribution in [0.25, 0.3) is 0 Å². The summed E-state index contributed by atoms with van der Waals surface area (Å²) >= 11 is 0. The van der Waals surface area contributed by atoms with E-state index >= 15 is 0 Å². The van der Waals surface area contributed by atoms with E-state index in [1.165, 1.54) is 44.8 Å². The smallest absolute Gasteiger partial charge is 0.147 e. The van der Waals surface area contributed by atoms with Crippen LogP contribution in [0.1, 0.15) is 51.4 Å². The molecule has 4 rings (SSSR count). The average molecular weight is 286 g/mol. The van der Waals surface area contributed by atoms with E-state index in [9.17, 15) is 13.5 Å². The number of hydrogen-bond donors (Lipinski definition) is 1. The van der Waals surface area contributed by atoms with Crippen LogP contribution >= 0.6 is 0 Å². The van der Waals surface area contributed by atoms with E-state index in [4.69, 9.17) is 0 Å². The summed E-state index contributed by atoms with van der Waals surface area (Å²) < 4.78 is 22.4. The molecule has 0 aromatic heterocycles. The van der Waals surface area contributed by atoms with E-state index in [2.05, 4.69) is 0 Å². The predicted octanol–water partition coefficient (Wildman–Crippen LogP) is 2.39. The lowest BCUT2D eigenvalue weighted by Gasteiger charge is -2.57. The molecule has 4 bridgehead atoms. The van der Waals surface area contributed by atoms with Gasteiger partial charge in [0.05, 0.1) is 11.9 Å². The van der Waals surface area contributed by atoms with Crippen molar-refractivity contribution >= 4 is 9.84 Å². The minimum absolute atomic E-state index is 0.126. The molecule has 4 saturated carbocycles. The molecule has 0 radical (unpaired) electrons. The maximum absolute atomic E-state index is 11.2. The number of aliphatic hydroxyl groups is 1. The third kappa shape index (κ3) is 3.15. The summed E-state index contributed by atoms with van der Waals surface area (Å²) in [6.45, 7) is 0. The Labute approximate surface area is 116 Å². The molecular weight excluding hydrogens is 260 g/mol. The van der Waals surface area contributed by atoms with Crippen LogP contribution in [0.2, 0.25) is 0 Å². The van der Waals surface area contributed by atoms with Crippen LogP contribution in [0.4, 0.5) is 0 Å². The first-order valence-electron chi connectivity index (χ1n) is 7.69. The molecule has 1 N–H and O–H groups in total. The first-order chi connectivity index (χ1) is 8.84. The Morgan fingerprint density at radius 3 is 2.00 bits per heavy atom. The molecule has 0 aromatic carbocycles. The van der Waals surface area contributed by atoms with Gasteiger partial charge in [0.1, 0.15) is 9.84 Å². The molecule has 4 heteroatoms. The molecule has 110 valence electrons. The molecule has 0 heterocycles. The molecule has 0 amide bonds. The Hall–Kier alpha value is -0.0900. The molecule has 19 heavy (non-hydrogen) atoms. The second-order valence-corrected chi connectivity index (χ2v) is 9.95. The highest BCUT2D eigenvalue weighted by Crippen LogP contribution is 2.61. The van der Waals surface area contributed by atoms with Gasteiger partial charge in [-0.15, -0.1) is 0 Å². The molecule has 1 atom stereocenters. The van der Waals surface area contributed by atoms with Crippen molar-refractivity contribution in [2.45, 2.75) is 57.5 Å². The average Bonchev–Trinajstić information content (AvgIpc) is 2.22. The summed E-state index contributed by atoms with van der Waals surface area (Å²) in [6.07, 6.45) is 10.2. The molecule has 3 nitrogen and oxygen atoms in total. The summed E-state index contributed by atoms with van der Waals surface area (Å²) in [4.78, 5) is 0. The van der Waals surface area contributed by atoms with E-state index in [1.54, 1.807) is 0 Å². The summed E-state index contributed by atoms with van der Waals surface area (Å²) in [7, 11) is -2.95. The summed E-state index contributed by atoms with van der Waals surface area (Å²) in [5.41, 5.74) is 0.353. The van der Waals surface area contributed by atoms with Crippen molar-refractivity contribution in [3.05, 3.63) is 0 Å². The maximum atomic E-state index is 11.2. The minimum Gasteiger partial charge on any atom is -0.393 e. The van der Waals surface area contributed by atoms with E-state index in [0.717, 1.165) is 24.2 Å². The molecule has 0 aliphatic heterocycles. The SMILES string of the molecule is CS(=O)(=O)CCC(O)CC12CC3CC(CC(C3)C1)C2. The van der Waals surface area contributed by atoms with E-state index in [-0.39, 0.29) is 5.75 Å². The van der Waals surface area contributed by atoms with Gasteiger partial charge in [-0.1, -0.05) is 0 Å². The summed E-state index contributed by atoms with van der Waals surface area (Å²) in [5, 5.41) is 10.2. The van der Waals surface area contributed by atoms with E-state index < -0.39 is 15.9 Å². The van der Waals surface area contributed by atoms with Gasteiger partial charge < -0.3 is 5.11 Å². The molecule has 4 fully saturated rings. The molecule has 4 aliphatic rings. The summed E-state index contributed by atoms with van der Waals surface area (Å²) in [6, 6.07) is 0. The molecule has 4 aliphatic carbocycles. The first kappa shape index (κ1) is 13.9. The molecule has 1 unspecified atom stereocenters. The topological polar surface area (TPSA) is 54.4 Å². The van der Waals surface area contributed by atoms with Crippen LogP contribution in [0.15, 0.2) is 0 Å². The van der Waals surface area contributed by atoms with Crippen molar-refractivity contribution in [2.24, 2.45) is 23.2 Å².